The number of thiazole rings is 1. The highest BCUT2D eigenvalue weighted by molar-refractivity contribution is 7.17. The summed E-state index contributed by atoms with van der Waals surface area (Å²) in [6.45, 7) is 11.6. The summed E-state index contributed by atoms with van der Waals surface area (Å²) in [7, 11) is 1.41. The molecule has 0 amide bonds. The van der Waals surface area contributed by atoms with E-state index >= 15 is 0 Å². The molecule has 5 heteroatoms. The zero-order chi connectivity index (χ0) is 15.3. The average molecular weight is 298 g/mol. The van der Waals surface area contributed by atoms with Gasteiger partial charge in [0.05, 0.1) is 12.8 Å². The second-order valence-corrected chi connectivity index (χ2v) is 6.40. The van der Waals surface area contributed by atoms with Crippen LogP contribution in [0.2, 0.25) is 0 Å². The molecule has 0 spiro atoms. The third kappa shape index (κ3) is 3.95. The van der Waals surface area contributed by atoms with Gasteiger partial charge in [0.2, 0.25) is 0 Å². The molecule has 20 heavy (non-hydrogen) atoms. The van der Waals surface area contributed by atoms with Gasteiger partial charge in [-0.2, -0.15) is 0 Å². The monoisotopic (exact) mass is 298 g/mol. The SMILES string of the molecule is CCC(CC)N(CC(C)C)c1nc(C)c(C(=O)OC)s1. The van der Waals surface area contributed by atoms with Crippen LogP contribution in [0.5, 0.6) is 0 Å². The van der Waals surface area contributed by atoms with Crippen molar-refractivity contribution in [2.45, 2.75) is 53.5 Å². The highest BCUT2D eigenvalue weighted by atomic mass is 32.1. The Hall–Kier alpha value is -1.10. The zero-order valence-electron chi connectivity index (χ0n) is 13.4. The van der Waals surface area contributed by atoms with Gasteiger partial charge in [0, 0.05) is 12.6 Å². The molecule has 0 aromatic carbocycles. The maximum Gasteiger partial charge on any atom is 0.350 e. The van der Waals surface area contributed by atoms with Crippen LogP contribution in [0.15, 0.2) is 0 Å². The summed E-state index contributed by atoms with van der Waals surface area (Å²) in [6, 6.07) is 0.466. The van der Waals surface area contributed by atoms with Crippen LogP contribution >= 0.6 is 11.3 Å². The molecular weight excluding hydrogens is 272 g/mol. The molecule has 114 valence electrons. The Kier molecular flexibility index (Phi) is 6.46. The molecule has 0 aliphatic carbocycles. The first-order valence-electron chi connectivity index (χ1n) is 7.26. The number of aryl methyl sites for hydroxylation is 1. The number of methoxy groups -OCH3 is 1. The van der Waals surface area contributed by atoms with Gasteiger partial charge in [-0.1, -0.05) is 39.0 Å². The molecule has 4 nitrogen and oxygen atoms in total. The second kappa shape index (κ2) is 7.62. The topological polar surface area (TPSA) is 42.4 Å². The van der Waals surface area contributed by atoms with Crippen molar-refractivity contribution in [2.24, 2.45) is 5.92 Å². The van der Waals surface area contributed by atoms with Crippen LogP contribution in [0, 0.1) is 12.8 Å². The first kappa shape index (κ1) is 17.0. The van der Waals surface area contributed by atoms with Crippen LogP contribution in [0.25, 0.3) is 0 Å². The smallest absolute Gasteiger partial charge is 0.350 e. The second-order valence-electron chi connectivity index (χ2n) is 5.42. The molecule has 0 fully saturated rings. The van der Waals surface area contributed by atoms with Crippen LogP contribution in [0.4, 0.5) is 5.13 Å². The molecule has 1 heterocycles. The van der Waals surface area contributed by atoms with Crippen molar-refractivity contribution in [3.8, 4) is 0 Å². The van der Waals surface area contributed by atoms with Gasteiger partial charge in [0.25, 0.3) is 0 Å². The largest absolute Gasteiger partial charge is 0.465 e. The average Bonchev–Trinajstić information content (AvgIpc) is 2.79. The number of hydrogen-bond donors (Lipinski definition) is 0. The Labute approximate surface area is 126 Å². The minimum atomic E-state index is -0.291. The minimum absolute atomic E-state index is 0.291. The number of aromatic nitrogens is 1. The van der Waals surface area contributed by atoms with Gasteiger partial charge >= 0.3 is 5.97 Å². The van der Waals surface area contributed by atoms with Gasteiger partial charge in [-0.25, -0.2) is 9.78 Å². The Morgan fingerprint density at radius 2 is 1.95 bits per heavy atom. The van der Waals surface area contributed by atoms with E-state index < -0.39 is 0 Å². The van der Waals surface area contributed by atoms with Crippen LogP contribution in [-0.2, 0) is 4.74 Å². The molecule has 0 aliphatic heterocycles. The van der Waals surface area contributed by atoms with E-state index in [9.17, 15) is 4.79 Å². The van der Waals surface area contributed by atoms with E-state index in [1.165, 1.54) is 18.4 Å². The number of carbonyl (C=O) groups excluding carboxylic acids is 1. The van der Waals surface area contributed by atoms with Gasteiger partial charge in [0.1, 0.15) is 4.88 Å². The third-order valence-corrected chi connectivity index (χ3v) is 4.52. The molecule has 0 radical (unpaired) electrons. The van der Waals surface area contributed by atoms with E-state index in [1.807, 2.05) is 6.92 Å². The van der Waals surface area contributed by atoms with Gasteiger partial charge in [-0.15, -0.1) is 0 Å². The molecule has 0 saturated heterocycles. The first-order valence-corrected chi connectivity index (χ1v) is 8.08. The van der Waals surface area contributed by atoms with Crippen molar-refractivity contribution in [2.75, 3.05) is 18.6 Å². The number of esters is 1. The molecule has 0 saturated carbocycles. The number of hydrogen-bond acceptors (Lipinski definition) is 5. The van der Waals surface area contributed by atoms with Crippen molar-refractivity contribution in [1.82, 2.24) is 4.98 Å². The molecule has 0 atom stereocenters. The Morgan fingerprint density at radius 3 is 2.40 bits per heavy atom. The number of ether oxygens (including phenoxy) is 1. The Balaban J connectivity index is 3.10. The highest BCUT2D eigenvalue weighted by Gasteiger charge is 2.23. The molecule has 0 bridgehead atoms. The molecule has 0 N–H and O–H groups in total. The van der Waals surface area contributed by atoms with Gasteiger partial charge in [-0.05, 0) is 25.7 Å². The van der Waals surface area contributed by atoms with Gasteiger partial charge in [0.15, 0.2) is 5.13 Å². The first-order chi connectivity index (χ1) is 9.44. The molecule has 1 aromatic rings. The number of rotatable bonds is 7. The van der Waals surface area contributed by atoms with E-state index in [0.29, 0.717) is 16.8 Å². The van der Waals surface area contributed by atoms with Gasteiger partial charge in [-0.3, -0.25) is 0 Å². The number of anilines is 1. The lowest BCUT2D eigenvalue weighted by Crippen LogP contribution is -2.37. The molecule has 0 aliphatic rings. The minimum Gasteiger partial charge on any atom is -0.465 e. The molecular formula is C15H26N2O2S. The summed E-state index contributed by atoms with van der Waals surface area (Å²) >= 11 is 1.44. The summed E-state index contributed by atoms with van der Waals surface area (Å²) in [5.74, 6) is 0.265. The van der Waals surface area contributed by atoms with E-state index in [-0.39, 0.29) is 5.97 Å². The van der Waals surface area contributed by atoms with Crippen molar-refractivity contribution in [3.05, 3.63) is 10.6 Å². The van der Waals surface area contributed by atoms with Crippen LogP contribution in [-0.4, -0.2) is 30.6 Å². The zero-order valence-corrected chi connectivity index (χ0v) is 14.2. The lowest BCUT2D eigenvalue weighted by molar-refractivity contribution is 0.0605. The van der Waals surface area contributed by atoms with E-state index in [4.69, 9.17) is 4.74 Å². The molecule has 1 rings (SSSR count). The fourth-order valence-corrected chi connectivity index (χ4v) is 3.36. The Bertz CT molecular complexity index is 439. The predicted octanol–water partition coefficient (Wildman–Crippen LogP) is 3.89. The fraction of sp³-hybridized carbons (Fsp3) is 0.733. The number of nitrogens with zero attached hydrogens (tertiary/aromatic N) is 2. The third-order valence-electron chi connectivity index (χ3n) is 3.35. The fourth-order valence-electron chi connectivity index (χ4n) is 2.29. The quantitative estimate of drug-likeness (QED) is 0.716. The summed E-state index contributed by atoms with van der Waals surface area (Å²) in [6.07, 6.45) is 2.16. The molecule has 0 unspecified atom stereocenters. The molecule has 1 aromatic heterocycles. The summed E-state index contributed by atoms with van der Waals surface area (Å²) in [5, 5.41) is 0.935. The van der Waals surface area contributed by atoms with Crippen molar-refractivity contribution in [3.63, 3.8) is 0 Å². The lowest BCUT2D eigenvalue weighted by Gasteiger charge is -2.31. The van der Waals surface area contributed by atoms with Crippen molar-refractivity contribution < 1.29 is 9.53 Å². The van der Waals surface area contributed by atoms with Gasteiger partial charge < -0.3 is 9.64 Å². The lowest BCUT2D eigenvalue weighted by atomic mass is 10.1. The maximum absolute atomic E-state index is 11.7. The van der Waals surface area contributed by atoms with Crippen molar-refractivity contribution in [1.29, 1.82) is 0 Å². The highest BCUT2D eigenvalue weighted by Crippen LogP contribution is 2.30. The Morgan fingerprint density at radius 1 is 1.35 bits per heavy atom. The maximum atomic E-state index is 11.7. The van der Waals surface area contributed by atoms with Crippen LogP contribution < -0.4 is 4.90 Å². The normalized spacial score (nSPS) is 11.2. The van der Waals surface area contributed by atoms with Crippen LogP contribution in [0.3, 0.4) is 0 Å². The predicted molar refractivity (Wildman–Crippen MR) is 84.7 cm³/mol. The standard InChI is InChI=1S/C15H26N2O2S/c1-7-12(8-2)17(9-10(3)4)15-16-11(5)13(20-15)14(18)19-6/h10,12H,7-9H2,1-6H3. The van der Waals surface area contributed by atoms with E-state index in [0.717, 1.165) is 30.2 Å². The van der Waals surface area contributed by atoms with E-state index in [2.05, 4.69) is 37.6 Å². The summed E-state index contributed by atoms with van der Waals surface area (Å²) < 4.78 is 4.82. The van der Waals surface area contributed by atoms with E-state index in [1.54, 1.807) is 0 Å². The summed E-state index contributed by atoms with van der Waals surface area (Å²) in [5.41, 5.74) is 0.761. The number of carbonyl (C=O) groups is 1. The van der Waals surface area contributed by atoms with Crippen LogP contribution in [0.1, 0.15) is 55.9 Å². The summed E-state index contributed by atoms with van der Waals surface area (Å²) in [4.78, 5) is 19.3. The van der Waals surface area contributed by atoms with Crippen molar-refractivity contribution >= 4 is 22.4 Å².